The molecular formula is C17H23N5. The number of para-hydroxylation sites is 1. The van der Waals surface area contributed by atoms with Gasteiger partial charge in [-0.3, -0.25) is 4.98 Å². The van der Waals surface area contributed by atoms with Gasteiger partial charge in [0.15, 0.2) is 0 Å². The van der Waals surface area contributed by atoms with Crippen molar-refractivity contribution in [3.63, 3.8) is 0 Å². The first-order valence-corrected chi connectivity index (χ1v) is 7.98. The Morgan fingerprint density at radius 1 is 1.18 bits per heavy atom. The summed E-state index contributed by atoms with van der Waals surface area (Å²) < 4.78 is 2.33. The zero-order valence-corrected chi connectivity index (χ0v) is 13.0. The molecule has 2 heterocycles. The molecule has 0 radical (unpaired) electrons. The molecule has 0 saturated heterocycles. The molecule has 0 bridgehead atoms. The quantitative estimate of drug-likeness (QED) is 0.657. The van der Waals surface area contributed by atoms with Crippen LogP contribution in [0.3, 0.4) is 0 Å². The molecule has 116 valence electrons. The first-order valence-electron chi connectivity index (χ1n) is 7.98. The van der Waals surface area contributed by atoms with E-state index in [0.717, 1.165) is 55.9 Å². The van der Waals surface area contributed by atoms with Crippen LogP contribution in [0.2, 0.25) is 0 Å². The van der Waals surface area contributed by atoms with Crippen molar-refractivity contribution in [2.45, 2.75) is 32.9 Å². The molecule has 1 aromatic carbocycles. The molecule has 0 unspecified atom stereocenters. The molecule has 0 aliphatic rings. The Bertz CT molecular complexity index is 762. The minimum Gasteiger partial charge on any atom is -0.330 e. The van der Waals surface area contributed by atoms with E-state index in [0.29, 0.717) is 0 Å². The summed E-state index contributed by atoms with van der Waals surface area (Å²) in [6.07, 6.45) is 3.98. The van der Waals surface area contributed by atoms with Gasteiger partial charge in [0.2, 0.25) is 0 Å². The highest BCUT2D eigenvalue weighted by Crippen LogP contribution is 2.25. The molecule has 0 aliphatic carbocycles. The van der Waals surface area contributed by atoms with E-state index in [4.69, 9.17) is 10.7 Å². The van der Waals surface area contributed by atoms with Crippen molar-refractivity contribution in [3.8, 4) is 0 Å². The average molecular weight is 297 g/mol. The van der Waals surface area contributed by atoms with E-state index in [1.807, 2.05) is 12.3 Å². The Balaban J connectivity index is 2.12. The molecule has 0 fully saturated rings. The van der Waals surface area contributed by atoms with Gasteiger partial charge in [-0.1, -0.05) is 25.1 Å². The molecule has 0 atom stereocenters. The van der Waals surface area contributed by atoms with Gasteiger partial charge < -0.3 is 15.6 Å². The largest absolute Gasteiger partial charge is 0.330 e. The van der Waals surface area contributed by atoms with Gasteiger partial charge in [0.25, 0.3) is 0 Å². The summed E-state index contributed by atoms with van der Waals surface area (Å²) in [6, 6.07) is 8.26. The lowest BCUT2D eigenvalue weighted by molar-refractivity contribution is 0.580. The van der Waals surface area contributed by atoms with Crippen LogP contribution in [-0.2, 0) is 13.1 Å². The number of unbranched alkanes of at least 4 members (excludes halogenated alkanes) is 1. The lowest BCUT2D eigenvalue weighted by Gasteiger charge is -2.10. The molecule has 0 saturated carbocycles. The van der Waals surface area contributed by atoms with E-state index in [1.165, 1.54) is 10.9 Å². The summed E-state index contributed by atoms with van der Waals surface area (Å²) in [5.41, 5.74) is 8.82. The highest BCUT2D eigenvalue weighted by atomic mass is 15.1. The molecule has 0 spiro atoms. The van der Waals surface area contributed by atoms with Crippen molar-refractivity contribution < 1.29 is 0 Å². The van der Waals surface area contributed by atoms with E-state index in [-0.39, 0.29) is 0 Å². The SMILES string of the molecule is CCNCc1nc2cnc3ccccc3c2n1CCCCN. The first kappa shape index (κ1) is 14.9. The number of aromatic nitrogens is 3. The number of nitrogens with one attached hydrogen (secondary N) is 1. The average Bonchev–Trinajstić information content (AvgIpc) is 2.91. The van der Waals surface area contributed by atoms with Gasteiger partial charge in [-0.25, -0.2) is 4.98 Å². The maximum absolute atomic E-state index is 5.64. The highest BCUT2D eigenvalue weighted by molar-refractivity contribution is 6.02. The normalized spacial score (nSPS) is 11.5. The maximum atomic E-state index is 5.64. The Kier molecular flexibility index (Phi) is 4.65. The Hall–Kier alpha value is -1.98. The van der Waals surface area contributed by atoms with Crippen molar-refractivity contribution in [2.24, 2.45) is 5.73 Å². The minimum atomic E-state index is 0.734. The molecule has 5 heteroatoms. The third-order valence-electron chi connectivity index (χ3n) is 3.93. The molecule has 3 rings (SSSR count). The van der Waals surface area contributed by atoms with Crippen LogP contribution in [0.25, 0.3) is 21.9 Å². The third kappa shape index (κ3) is 2.82. The van der Waals surface area contributed by atoms with Crippen LogP contribution in [0.15, 0.2) is 30.5 Å². The molecular weight excluding hydrogens is 274 g/mol. The topological polar surface area (TPSA) is 68.8 Å². The summed E-state index contributed by atoms with van der Waals surface area (Å²) in [5.74, 6) is 1.08. The van der Waals surface area contributed by atoms with Gasteiger partial charge in [-0.15, -0.1) is 0 Å². The standard InChI is InChI=1S/C17H23N5/c1-2-19-12-16-21-15-11-20-14-8-4-3-7-13(14)17(15)22(16)10-6-5-9-18/h3-4,7-8,11,19H,2,5-6,9-10,12,18H2,1H3. The minimum absolute atomic E-state index is 0.734. The van der Waals surface area contributed by atoms with Crippen molar-refractivity contribution in [2.75, 3.05) is 13.1 Å². The monoisotopic (exact) mass is 297 g/mol. The van der Waals surface area contributed by atoms with Crippen LogP contribution in [-0.4, -0.2) is 27.6 Å². The predicted octanol–water partition coefficient (Wildman–Crippen LogP) is 2.43. The fourth-order valence-corrected chi connectivity index (χ4v) is 2.84. The third-order valence-corrected chi connectivity index (χ3v) is 3.93. The van der Waals surface area contributed by atoms with Crippen LogP contribution in [0.1, 0.15) is 25.6 Å². The number of fused-ring (bicyclic) bond motifs is 3. The number of imidazole rings is 1. The van der Waals surface area contributed by atoms with E-state index >= 15 is 0 Å². The Morgan fingerprint density at radius 3 is 2.86 bits per heavy atom. The van der Waals surface area contributed by atoms with Crippen LogP contribution in [0.4, 0.5) is 0 Å². The van der Waals surface area contributed by atoms with Crippen molar-refractivity contribution in [3.05, 3.63) is 36.3 Å². The number of benzene rings is 1. The first-order chi connectivity index (χ1) is 10.8. The van der Waals surface area contributed by atoms with Gasteiger partial charge >= 0.3 is 0 Å². The fourth-order valence-electron chi connectivity index (χ4n) is 2.84. The molecule has 3 aromatic rings. The van der Waals surface area contributed by atoms with Crippen LogP contribution < -0.4 is 11.1 Å². The highest BCUT2D eigenvalue weighted by Gasteiger charge is 2.13. The molecule has 22 heavy (non-hydrogen) atoms. The number of aryl methyl sites for hydroxylation is 1. The summed E-state index contributed by atoms with van der Waals surface area (Å²) in [5, 5.41) is 4.55. The van der Waals surface area contributed by atoms with Gasteiger partial charge in [0.1, 0.15) is 11.3 Å². The second kappa shape index (κ2) is 6.85. The van der Waals surface area contributed by atoms with Crippen molar-refractivity contribution in [1.82, 2.24) is 19.9 Å². The lowest BCUT2D eigenvalue weighted by atomic mass is 10.2. The lowest BCUT2D eigenvalue weighted by Crippen LogP contribution is -2.16. The number of nitrogens with zero attached hydrogens (tertiary/aromatic N) is 3. The zero-order chi connectivity index (χ0) is 15.4. The van der Waals surface area contributed by atoms with E-state index in [9.17, 15) is 0 Å². The van der Waals surface area contributed by atoms with Crippen molar-refractivity contribution >= 4 is 21.9 Å². The number of hydrogen-bond acceptors (Lipinski definition) is 4. The Labute approximate surface area is 130 Å². The van der Waals surface area contributed by atoms with Crippen LogP contribution in [0, 0.1) is 0 Å². The van der Waals surface area contributed by atoms with Gasteiger partial charge in [-0.2, -0.15) is 0 Å². The molecule has 0 aliphatic heterocycles. The summed E-state index contributed by atoms with van der Waals surface area (Å²) in [6.45, 7) is 5.51. The van der Waals surface area contributed by atoms with Crippen LogP contribution >= 0.6 is 0 Å². The van der Waals surface area contributed by atoms with Gasteiger partial charge in [0, 0.05) is 11.9 Å². The zero-order valence-electron chi connectivity index (χ0n) is 13.0. The number of hydrogen-bond donors (Lipinski definition) is 2. The fraction of sp³-hybridized carbons (Fsp3) is 0.412. The van der Waals surface area contributed by atoms with E-state index in [1.54, 1.807) is 0 Å². The second-order valence-electron chi connectivity index (χ2n) is 5.46. The van der Waals surface area contributed by atoms with Gasteiger partial charge in [-0.05, 0) is 32.0 Å². The van der Waals surface area contributed by atoms with E-state index < -0.39 is 0 Å². The van der Waals surface area contributed by atoms with Gasteiger partial charge in [0.05, 0.1) is 23.8 Å². The summed E-state index contributed by atoms with van der Waals surface area (Å²) in [4.78, 5) is 9.31. The second-order valence-corrected chi connectivity index (χ2v) is 5.46. The maximum Gasteiger partial charge on any atom is 0.123 e. The molecule has 3 N–H and O–H groups in total. The van der Waals surface area contributed by atoms with E-state index in [2.05, 4.69) is 40.0 Å². The smallest absolute Gasteiger partial charge is 0.123 e. The Morgan fingerprint density at radius 2 is 2.05 bits per heavy atom. The van der Waals surface area contributed by atoms with Crippen molar-refractivity contribution in [1.29, 1.82) is 0 Å². The number of nitrogens with two attached hydrogens (primary N) is 1. The number of pyridine rings is 1. The summed E-state index contributed by atoms with van der Waals surface area (Å²) in [7, 11) is 0. The molecule has 5 nitrogen and oxygen atoms in total. The molecule has 2 aromatic heterocycles. The number of rotatable bonds is 7. The van der Waals surface area contributed by atoms with Crippen LogP contribution in [0.5, 0.6) is 0 Å². The summed E-state index contributed by atoms with van der Waals surface area (Å²) >= 11 is 0. The predicted molar refractivity (Wildman–Crippen MR) is 90.7 cm³/mol. The molecule has 0 amide bonds.